The molecule has 0 fully saturated rings. The zero-order chi connectivity index (χ0) is 7.28. The van der Waals surface area contributed by atoms with Gasteiger partial charge >= 0.3 is 5.97 Å². The fraction of sp³-hybridized carbons (Fsp3) is 0.833. The molecule has 0 spiro atoms. The second kappa shape index (κ2) is 4.68. The average molecular weight is 148 g/mol. The maximum absolute atomic E-state index is 10.2. The molecule has 2 nitrogen and oxygen atoms in total. The molecule has 0 rings (SSSR count). The summed E-state index contributed by atoms with van der Waals surface area (Å²) in [4.78, 5) is 10.2. The van der Waals surface area contributed by atoms with E-state index in [-0.39, 0.29) is 5.97 Å². The van der Waals surface area contributed by atoms with Crippen molar-refractivity contribution in [2.75, 3.05) is 6.61 Å². The maximum Gasteiger partial charge on any atom is 0.302 e. The SMILES string of the molecule is CC(=O)OCC[C@H](C)S. The Bertz CT molecular complexity index is 91.1. The first-order chi connectivity index (χ1) is 4.13. The Morgan fingerprint density at radius 1 is 1.78 bits per heavy atom. The van der Waals surface area contributed by atoms with Crippen molar-refractivity contribution >= 4 is 18.6 Å². The van der Waals surface area contributed by atoms with E-state index >= 15 is 0 Å². The van der Waals surface area contributed by atoms with Crippen molar-refractivity contribution < 1.29 is 9.53 Å². The van der Waals surface area contributed by atoms with Crippen LogP contribution >= 0.6 is 12.6 Å². The van der Waals surface area contributed by atoms with Crippen molar-refractivity contribution in [1.29, 1.82) is 0 Å². The second-order valence-corrected chi connectivity index (χ2v) is 2.86. The number of thiol groups is 1. The lowest BCUT2D eigenvalue weighted by Gasteiger charge is -2.02. The number of esters is 1. The van der Waals surface area contributed by atoms with Gasteiger partial charge in [-0.25, -0.2) is 0 Å². The van der Waals surface area contributed by atoms with Gasteiger partial charge in [0.1, 0.15) is 0 Å². The Hall–Kier alpha value is -0.180. The molecule has 0 aromatic rings. The number of carbonyl (C=O) groups excluding carboxylic acids is 1. The van der Waals surface area contributed by atoms with Crippen LogP contribution in [0.25, 0.3) is 0 Å². The van der Waals surface area contributed by atoms with Gasteiger partial charge in [0, 0.05) is 12.2 Å². The van der Waals surface area contributed by atoms with Crippen molar-refractivity contribution in [2.45, 2.75) is 25.5 Å². The highest BCUT2D eigenvalue weighted by atomic mass is 32.1. The largest absolute Gasteiger partial charge is 0.466 e. The van der Waals surface area contributed by atoms with Gasteiger partial charge in [0.2, 0.25) is 0 Å². The van der Waals surface area contributed by atoms with Gasteiger partial charge in [-0.1, -0.05) is 6.92 Å². The summed E-state index contributed by atoms with van der Waals surface area (Å²) >= 11 is 4.11. The van der Waals surface area contributed by atoms with Crippen molar-refractivity contribution in [3.63, 3.8) is 0 Å². The van der Waals surface area contributed by atoms with Crippen LogP contribution in [0.4, 0.5) is 0 Å². The van der Waals surface area contributed by atoms with Crippen molar-refractivity contribution in [1.82, 2.24) is 0 Å². The quantitative estimate of drug-likeness (QED) is 0.481. The first-order valence-corrected chi connectivity index (χ1v) is 3.46. The molecule has 0 aromatic carbocycles. The topological polar surface area (TPSA) is 26.3 Å². The lowest BCUT2D eigenvalue weighted by molar-refractivity contribution is -0.141. The van der Waals surface area contributed by atoms with Gasteiger partial charge in [-0.3, -0.25) is 4.79 Å². The van der Waals surface area contributed by atoms with Gasteiger partial charge in [-0.05, 0) is 6.42 Å². The summed E-state index contributed by atoms with van der Waals surface area (Å²) in [5.41, 5.74) is 0. The molecule has 3 heteroatoms. The van der Waals surface area contributed by atoms with Crippen molar-refractivity contribution in [3.8, 4) is 0 Å². The molecule has 0 unspecified atom stereocenters. The van der Waals surface area contributed by atoms with Gasteiger partial charge in [0.25, 0.3) is 0 Å². The third-order valence-corrected chi connectivity index (χ3v) is 1.10. The molecule has 54 valence electrons. The molecular weight excluding hydrogens is 136 g/mol. The minimum atomic E-state index is -0.219. The number of carbonyl (C=O) groups is 1. The molecule has 0 saturated heterocycles. The highest BCUT2D eigenvalue weighted by Gasteiger charge is 1.95. The molecule has 0 bridgehead atoms. The highest BCUT2D eigenvalue weighted by Crippen LogP contribution is 1.98. The van der Waals surface area contributed by atoms with Gasteiger partial charge < -0.3 is 4.74 Å². The minimum Gasteiger partial charge on any atom is -0.466 e. The molecule has 0 aliphatic rings. The van der Waals surface area contributed by atoms with Crippen LogP contribution < -0.4 is 0 Å². The van der Waals surface area contributed by atoms with Gasteiger partial charge in [0.15, 0.2) is 0 Å². The van der Waals surface area contributed by atoms with Crippen LogP contribution in [0.5, 0.6) is 0 Å². The summed E-state index contributed by atoms with van der Waals surface area (Å²) in [6.45, 7) is 3.86. The second-order valence-electron chi connectivity index (χ2n) is 1.98. The first-order valence-electron chi connectivity index (χ1n) is 2.94. The molecule has 1 atom stereocenters. The third-order valence-electron chi connectivity index (χ3n) is 0.841. The fourth-order valence-electron chi connectivity index (χ4n) is 0.373. The molecule has 9 heavy (non-hydrogen) atoms. The molecule has 0 amide bonds. The summed E-state index contributed by atoms with van der Waals surface area (Å²) in [6, 6.07) is 0. The van der Waals surface area contributed by atoms with Gasteiger partial charge in [-0.2, -0.15) is 12.6 Å². The van der Waals surface area contributed by atoms with Crippen LogP contribution in [-0.2, 0) is 9.53 Å². The van der Waals surface area contributed by atoms with E-state index < -0.39 is 0 Å². The molecule has 0 aliphatic heterocycles. The average Bonchev–Trinajstić information content (AvgIpc) is 1.63. The van der Waals surface area contributed by atoms with Crippen LogP contribution in [0, 0.1) is 0 Å². The van der Waals surface area contributed by atoms with E-state index in [1.165, 1.54) is 6.92 Å². The van der Waals surface area contributed by atoms with Crippen LogP contribution in [0.3, 0.4) is 0 Å². The van der Waals surface area contributed by atoms with E-state index in [1.807, 2.05) is 6.92 Å². The molecule has 0 radical (unpaired) electrons. The molecule has 0 heterocycles. The van der Waals surface area contributed by atoms with Crippen molar-refractivity contribution in [2.24, 2.45) is 0 Å². The van der Waals surface area contributed by atoms with Crippen LogP contribution in [0.1, 0.15) is 20.3 Å². The fourth-order valence-corrected chi connectivity index (χ4v) is 0.479. The van der Waals surface area contributed by atoms with E-state index in [0.717, 1.165) is 6.42 Å². The van der Waals surface area contributed by atoms with E-state index in [2.05, 4.69) is 17.4 Å². The Morgan fingerprint density at radius 2 is 2.33 bits per heavy atom. The summed E-state index contributed by atoms with van der Waals surface area (Å²) < 4.78 is 4.66. The normalized spacial score (nSPS) is 12.8. The molecule has 0 aliphatic carbocycles. The lowest BCUT2D eigenvalue weighted by atomic mass is 10.3. The zero-order valence-corrected chi connectivity index (χ0v) is 6.65. The van der Waals surface area contributed by atoms with Crippen LogP contribution in [0.15, 0.2) is 0 Å². The van der Waals surface area contributed by atoms with Crippen molar-refractivity contribution in [3.05, 3.63) is 0 Å². The predicted molar refractivity (Wildman–Crippen MR) is 39.7 cm³/mol. The Labute approximate surface area is 61.0 Å². The smallest absolute Gasteiger partial charge is 0.302 e. The Balaban J connectivity index is 3.01. The lowest BCUT2D eigenvalue weighted by Crippen LogP contribution is -2.04. The standard InChI is InChI=1S/C6H12O2S/c1-5(9)3-4-8-6(2)7/h5,9H,3-4H2,1-2H3/t5-/m0/s1. The Kier molecular flexibility index (Phi) is 4.58. The summed E-state index contributed by atoms with van der Waals surface area (Å²) in [6.07, 6.45) is 0.822. The summed E-state index contributed by atoms with van der Waals surface area (Å²) in [5, 5.41) is 0.310. The van der Waals surface area contributed by atoms with Crippen LogP contribution in [-0.4, -0.2) is 17.8 Å². The van der Waals surface area contributed by atoms with E-state index in [0.29, 0.717) is 11.9 Å². The monoisotopic (exact) mass is 148 g/mol. The Morgan fingerprint density at radius 3 is 2.67 bits per heavy atom. The van der Waals surface area contributed by atoms with E-state index in [4.69, 9.17) is 0 Å². The van der Waals surface area contributed by atoms with E-state index in [1.54, 1.807) is 0 Å². The van der Waals surface area contributed by atoms with E-state index in [9.17, 15) is 4.79 Å². The third kappa shape index (κ3) is 7.82. The van der Waals surface area contributed by atoms with Gasteiger partial charge in [-0.15, -0.1) is 0 Å². The van der Waals surface area contributed by atoms with Crippen LogP contribution in [0.2, 0.25) is 0 Å². The summed E-state index contributed by atoms with van der Waals surface area (Å²) in [7, 11) is 0. The zero-order valence-electron chi connectivity index (χ0n) is 5.76. The number of rotatable bonds is 3. The first kappa shape index (κ1) is 8.82. The maximum atomic E-state index is 10.2. The number of hydrogen-bond donors (Lipinski definition) is 1. The minimum absolute atomic E-state index is 0.219. The predicted octanol–water partition coefficient (Wildman–Crippen LogP) is 1.26. The molecule has 0 aromatic heterocycles. The number of hydrogen-bond acceptors (Lipinski definition) is 3. The number of ether oxygens (including phenoxy) is 1. The van der Waals surface area contributed by atoms with Gasteiger partial charge in [0.05, 0.1) is 6.61 Å². The molecule has 0 N–H and O–H groups in total. The molecular formula is C6H12O2S. The highest BCUT2D eigenvalue weighted by molar-refractivity contribution is 7.80. The molecule has 0 saturated carbocycles. The summed E-state index contributed by atoms with van der Waals surface area (Å²) in [5.74, 6) is -0.219.